The Morgan fingerprint density at radius 3 is 2.68 bits per heavy atom. The van der Waals surface area contributed by atoms with Crippen LogP contribution in [0.3, 0.4) is 0 Å². The highest BCUT2D eigenvalue weighted by molar-refractivity contribution is 9.11. The first-order chi connectivity index (χ1) is 10.4. The van der Waals surface area contributed by atoms with Crippen LogP contribution in [0.2, 0.25) is 5.02 Å². The summed E-state index contributed by atoms with van der Waals surface area (Å²) >= 11 is 12.6. The molecular weight excluding hydrogens is 435 g/mol. The third-order valence-electron chi connectivity index (χ3n) is 2.83. The third kappa shape index (κ3) is 4.38. The number of carbonyl (C=O) groups is 1. The van der Waals surface area contributed by atoms with Crippen LogP contribution in [0.25, 0.3) is 0 Å². The van der Waals surface area contributed by atoms with Gasteiger partial charge in [-0.05, 0) is 58.7 Å². The first kappa shape index (κ1) is 17.1. The molecule has 4 nitrogen and oxygen atoms in total. The van der Waals surface area contributed by atoms with Crippen LogP contribution < -0.4 is 15.8 Å². The number of carbonyl (C=O) groups excluding carboxylic acids is 1. The van der Waals surface area contributed by atoms with E-state index in [0.29, 0.717) is 22.1 Å². The summed E-state index contributed by atoms with van der Waals surface area (Å²) in [6.07, 6.45) is 0. The molecule has 3 N–H and O–H groups in total. The molecule has 2 aromatic carbocycles. The minimum atomic E-state index is -0.303. The van der Waals surface area contributed by atoms with E-state index in [0.717, 1.165) is 14.5 Å². The molecule has 0 atom stereocenters. The summed E-state index contributed by atoms with van der Waals surface area (Å²) in [5.74, 6) is 0.325. The molecule has 0 radical (unpaired) electrons. The van der Waals surface area contributed by atoms with Gasteiger partial charge in [-0.2, -0.15) is 0 Å². The molecule has 22 heavy (non-hydrogen) atoms. The molecule has 0 aliphatic carbocycles. The van der Waals surface area contributed by atoms with Crippen molar-refractivity contribution in [1.29, 1.82) is 0 Å². The van der Waals surface area contributed by atoms with Crippen molar-refractivity contribution in [3.05, 3.63) is 49.9 Å². The smallest absolute Gasteiger partial charge is 0.262 e. The second-order valence-electron chi connectivity index (χ2n) is 4.60. The van der Waals surface area contributed by atoms with E-state index < -0.39 is 0 Å². The van der Waals surface area contributed by atoms with Gasteiger partial charge in [0, 0.05) is 9.50 Å². The summed E-state index contributed by atoms with van der Waals surface area (Å²) in [4.78, 5) is 12.0. The first-order valence-electron chi connectivity index (χ1n) is 6.30. The van der Waals surface area contributed by atoms with Gasteiger partial charge in [0.05, 0.1) is 15.8 Å². The second-order valence-corrected chi connectivity index (χ2v) is 6.81. The SMILES string of the molecule is Cc1cc(Br)cc(Br)c1OCC(=O)Nc1ccc(Cl)cc1N. The lowest BCUT2D eigenvalue weighted by Crippen LogP contribution is -2.21. The highest BCUT2D eigenvalue weighted by atomic mass is 79.9. The number of nitrogen functional groups attached to an aromatic ring is 1. The summed E-state index contributed by atoms with van der Waals surface area (Å²) in [5, 5.41) is 3.20. The van der Waals surface area contributed by atoms with Crippen LogP contribution in [0, 0.1) is 6.92 Å². The number of benzene rings is 2. The number of anilines is 2. The van der Waals surface area contributed by atoms with Crippen molar-refractivity contribution in [2.75, 3.05) is 17.7 Å². The molecule has 0 heterocycles. The molecule has 1 amide bonds. The topological polar surface area (TPSA) is 64.3 Å². The Bertz CT molecular complexity index is 700. The largest absolute Gasteiger partial charge is 0.482 e. The lowest BCUT2D eigenvalue weighted by atomic mass is 10.2. The van der Waals surface area contributed by atoms with Crippen molar-refractivity contribution < 1.29 is 9.53 Å². The quantitative estimate of drug-likeness (QED) is 0.662. The number of halogens is 3. The predicted molar refractivity (Wildman–Crippen MR) is 96.6 cm³/mol. The highest BCUT2D eigenvalue weighted by Gasteiger charge is 2.11. The Morgan fingerprint density at radius 2 is 2.05 bits per heavy atom. The number of ether oxygens (including phenoxy) is 1. The Labute approximate surface area is 150 Å². The maximum Gasteiger partial charge on any atom is 0.262 e. The minimum absolute atomic E-state index is 0.122. The zero-order valence-corrected chi connectivity index (χ0v) is 15.5. The van der Waals surface area contributed by atoms with Crippen molar-refractivity contribution >= 4 is 60.7 Å². The van der Waals surface area contributed by atoms with E-state index >= 15 is 0 Å². The lowest BCUT2D eigenvalue weighted by Gasteiger charge is -2.12. The van der Waals surface area contributed by atoms with Crippen LogP contribution in [0.1, 0.15) is 5.56 Å². The van der Waals surface area contributed by atoms with E-state index in [2.05, 4.69) is 37.2 Å². The van der Waals surface area contributed by atoms with Gasteiger partial charge in [0.1, 0.15) is 5.75 Å². The number of hydrogen-bond donors (Lipinski definition) is 2. The molecule has 0 saturated heterocycles. The standard InChI is InChI=1S/C15H13Br2ClN2O2/c1-8-4-9(16)5-11(17)15(8)22-7-14(21)20-13-3-2-10(18)6-12(13)19/h2-6H,7,19H2,1H3,(H,20,21). The molecule has 2 rings (SSSR count). The van der Waals surface area contributed by atoms with E-state index in [1.54, 1.807) is 18.2 Å². The van der Waals surface area contributed by atoms with Gasteiger partial charge in [-0.3, -0.25) is 4.79 Å². The number of rotatable bonds is 4. The monoisotopic (exact) mass is 446 g/mol. The fourth-order valence-corrected chi connectivity index (χ4v) is 3.58. The number of hydrogen-bond acceptors (Lipinski definition) is 3. The van der Waals surface area contributed by atoms with E-state index in [4.69, 9.17) is 22.1 Å². The first-order valence-corrected chi connectivity index (χ1v) is 8.26. The van der Waals surface area contributed by atoms with Crippen LogP contribution in [0.5, 0.6) is 5.75 Å². The van der Waals surface area contributed by atoms with Gasteiger partial charge >= 0.3 is 0 Å². The van der Waals surface area contributed by atoms with Crippen molar-refractivity contribution in [2.24, 2.45) is 0 Å². The molecule has 7 heteroatoms. The summed E-state index contributed by atoms with van der Waals surface area (Å²) in [5.41, 5.74) is 7.61. The molecule has 0 bridgehead atoms. The highest BCUT2D eigenvalue weighted by Crippen LogP contribution is 2.32. The summed E-state index contributed by atoms with van der Waals surface area (Å²) in [7, 11) is 0. The maximum absolute atomic E-state index is 12.0. The molecule has 0 fully saturated rings. The van der Waals surface area contributed by atoms with Crippen molar-refractivity contribution in [1.82, 2.24) is 0 Å². The second kappa shape index (κ2) is 7.35. The summed E-state index contributed by atoms with van der Waals surface area (Å²) in [6.45, 7) is 1.78. The zero-order chi connectivity index (χ0) is 16.3. The number of aryl methyl sites for hydroxylation is 1. The van der Waals surface area contributed by atoms with Crippen LogP contribution in [-0.4, -0.2) is 12.5 Å². The van der Waals surface area contributed by atoms with Gasteiger partial charge < -0.3 is 15.8 Å². The van der Waals surface area contributed by atoms with Gasteiger partial charge in [0.25, 0.3) is 5.91 Å². The van der Waals surface area contributed by atoms with Gasteiger partial charge in [-0.25, -0.2) is 0 Å². The fraction of sp³-hybridized carbons (Fsp3) is 0.133. The Balaban J connectivity index is 2.02. The molecule has 2 aromatic rings. The summed E-state index contributed by atoms with van der Waals surface area (Å²) < 4.78 is 7.28. The van der Waals surface area contributed by atoms with Crippen LogP contribution in [0.4, 0.5) is 11.4 Å². The number of nitrogens with one attached hydrogen (secondary N) is 1. The summed E-state index contributed by atoms with van der Waals surface area (Å²) in [6, 6.07) is 8.65. The Hall–Kier alpha value is -1.24. The molecule has 0 aromatic heterocycles. The zero-order valence-electron chi connectivity index (χ0n) is 11.6. The van der Waals surface area contributed by atoms with Gasteiger partial charge in [0.2, 0.25) is 0 Å². The number of nitrogens with two attached hydrogens (primary N) is 1. The molecule has 0 aliphatic heterocycles. The van der Waals surface area contributed by atoms with E-state index in [1.165, 1.54) is 0 Å². The van der Waals surface area contributed by atoms with Gasteiger partial charge in [-0.1, -0.05) is 27.5 Å². The van der Waals surface area contributed by atoms with Gasteiger partial charge in [0.15, 0.2) is 6.61 Å². The molecule has 0 aliphatic rings. The average Bonchev–Trinajstić information content (AvgIpc) is 2.40. The van der Waals surface area contributed by atoms with Crippen LogP contribution in [0.15, 0.2) is 39.3 Å². The predicted octanol–water partition coefficient (Wildman–Crippen LogP) is 4.77. The Kier molecular flexibility index (Phi) is 5.72. The van der Waals surface area contributed by atoms with Crippen molar-refractivity contribution in [3.8, 4) is 5.75 Å². The molecular formula is C15H13Br2ClN2O2. The average molecular weight is 449 g/mol. The van der Waals surface area contributed by atoms with E-state index in [-0.39, 0.29) is 12.5 Å². The maximum atomic E-state index is 12.0. The Morgan fingerprint density at radius 1 is 1.32 bits per heavy atom. The number of amides is 1. The minimum Gasteiger partial charge on any atom is -0.482 e. The van der Waals surface area contributed by atoms with Crippen molar-refractivity contribution in [3.63, 3.8) is 0 Å². The lowest BCUT2D eigenvalue weighted by molar-refractivity contribution is -0.118. The molecule has 116 valence electrons. The van der Waals surface area contributed by atoms with Crippen molar-refractivity contribution in [2.45, 2.75) is 6.92 Å². The normalized spacial score (nSPS) is 10.4. The van der Waals surface area contributed by atoms with Gasteiger partial charge in [-0.15, -0.1) is 0 Å². The van der Waals surface area contributed by atoms with E-state index in [9.17, 15) is 4.79 Å². The van der Waals surface area contributed by atoms with Crippen LogP contribution in [-0.2, 0) is 4.79 Å². The van der Waals surface area contributed by atoms with Crippen LogP contribution >= 0.6 is 43.5 Å². The molecule has 0 spiro atoms. The van der Waals surface area contributed by atoms with E-state index in [1.807, 2.05) is 19.1 Å². The molecule has 0 saturated carbocycles. The molecule has 0 unspecified atom stereocenters. The fourth-order valence-electron chi connectivity index (χ4n) is 1.84. The third-order valence-corrected chi connectivity index (χ3v) is 4.11.